The first-order chi connectivity index (χ1) is 19.6. The lowest BCUT2D eigenvalue weighted by atomic mass is 9.83. The van der Waals surface area contributed by atoms with E-state index in [2.05, 4.69) is 15.0 Å². The molecule has 0 radical (unpaired) electrons. The normalized spacial score (nSPS) is 18.9. The lowest BCUT2D eigenvalue weighted by Crippen LogP contribution is -2.61. The number of aromatic nitrogens is 3. The molecule has 0 unspecified atom stereocenters. The minimum atomic E-state index is -5.03. The lowest BCUT2D eigenvalue weighted by Gasteiger charge is -2.46. The average Bonchev–Trinajstić information content (AvgIpc) is 2.92. The zero-order valence-electron chi connectivity index (χ0n) is 22.7. The number of nitrogens with zero attached hydrogens (tertiary/aromatic N) is 3. The first-order valence-electron chi connectivity index (χ1n) is 12.8. The maximum atomic E-state index is 13.3. The number of anilines is 1. The molecule has 9 nitrogen and oxygen atoms in total. The van der Waals surface area contributed by atoms with Crippen LogP contribution in [0.5, 0.6) is 5.88 Å². The van der Waals surface area contributed by atoms with Gasteiger partial charge in [0.15, 0.2) is 0 Å². The lowest BCUT2D eigenvalue weighted by molar-refractivity contribution is -0.143. The topological polar surface area (TPSA) is 123 Å². The van der Waals surface area contributed by atoms with Gasteiger partial charge in [-0.15, -0.1) is 0 Å². The maximum Gasteiger partial charge on any atom is 0.416 e. The number of aromatic amines is 1. The van der Waals surface area contributed by atoms with Crippen molar-refractivity contribution >= 4 is 11.8 Å². The van der Waals surface area contributed by atoms with Crippen molar-refractivity contribution in [2.24, 2.45) is 5.73 Å². The van der Waals surface area contributed by atoms with Crippen LogP contribution >= 0.6 is 0 Å². The second kappa shape index (κ2) is 11.3. The Morgan fingerprint density at radius 1 is 1.12 bits per heavy atom. The molecule has 0 fully saturated rings. The van der Waals surface area contributed by atoms with Crippen molar-refractivity contribution in [3.63, 3.8) is 0 Å². The Morgan fingerprint density at radius 3 is 2.29 bits per heavy atom. The van der Waals surface area contributed by atoms with Gasteiger partial charge in [0.2, 0.25) is 5.88 Å². The summed E-state index contributed by atoms with van der Waals surface area (Å²) in [6.07, 6.45) is -9.91. The third-order valence-electron chi connectivity index (χ3n) is 6.99. The molecule has 42 heavy (non-hydrogen) atoms. The SMILES string of the molecule is CCOC(=O)N1c2ccc(OC)nc2[C@@H](c2ncc(Cc3cc(C(F)(F)F)cc(C(F)(F)F)c3)c(=O)[nH]2)C[C@@]1(N)CC. The highest BCUT2D eigenvalue weighted by Crippen LogP contribution is 2.45. The van der Waals surface area contributed by atoms with Crippen LogP contribution in [0.15, 0.2) is 41.3 Å². The summed E-state index contributed by atoms with van der Waals surface area (Å²) >= 11 is 0. The number of H-pyrrole nitrogens is 1. The van der Waals surface area contributed by atoms with Crippen LogP contribution in [0.3, 0.4) is 0 Å². The molecule has 0 bridgehead atoms. The third-order valence-corrected chi connectivity index (χ3v) is 6.99. The number of carbonyl (C=O) groups excluding carboxylic acids is 1. The predicted octanol–water partition coefficient (Wildman–Crippen LogP) is 5.37. The molecular formula is C27H27F6N5O4. The van der Waals surface area contributed by atoms with Crippen LogP contribution in [0.2, 0.25) is 0 Å². The molecule has 226 valence electrons. The second-order valence-electron chi connectivity index (χ2n) is 9.72. The number of hydrogen-bond donors (Lipinski definition) is 2. The maximum absolute atomic E-state index is 13.3. The highest BCUT2D eigenvalue weighted by atomic mass is 19.4. The van der Waals surface area contributed by atoms with Crippen LogP contribution in [-0.2, 0) is 23.5 Å². The minimum absolute atomic E-state index is 0.0171. The number of nitrogens with one attached hydrogen (secondary N) is 1. The highest BCUT2D eigenvalue weighted by molar-refractivity contribution is 5.91. The standard InChI is InChI=1S/C27H27F6N5O4/c1-4-25(34)12-18(21-19(6-7-20(36-21)41-3)38(25)24(40)42-5-2)22-35-13-15(23(39)37-22)8-14-9-16(26(28,29)30)11-17(10-14)27(31,32)33/h6-7,9-11,13,18H,4-5,8,12,34H2,1-3H3,(H,35,37,39)/t18-,25+/m0/s1. The number of pyridine rings is 1. The number of alkyl halides is 6. The molecule has 0 spiro atoms. The van der Waals surface area contributed by atoms with Gasteiger partial charge in [0.1, 0.15) is 11.5 Å². The van der Waals surface area contributed by atoms with Crippen molar-refractivity contribution in [2.45, 2.75) is 57.0 Å². The Labute approximate surface area is 235 Å². The van der Waals surface area contributed by atoms with Crippen LogP contribution in [0, 0.1) is 0 Å². The zero-order valence-corrected chi connectivity index (χ0v) is 22.7. The molecule has 3 aromatic rings. The van der Waals surface area contributed by atoms with Gasteiger partial charge >= 0.3 is 18.4 Å². The average molecular weight is 600 g/mol. The highest BCUT2D eigenvalue weighted by Gasteiger charge is 2.47. The Hall–Kier alpha value is -4.14. The molecule has 2 atom stereocenters. The molecule has 3 heterocycles. The van der Waals surface area contributed by atoms with E-state index in [0.29, 0.717) is 23.5 Å². The van der Waals surface area contributed by atoms with E-state index in [0.717, 1.165) is 6.20 Å². The van der Waals surface area contributed by atoms with Crippen LogP contribution in [0.25, 0.3) is 0 Å². The number of benzene rings is 1. The first kappa shape index (κ1) is 30.8. The summed E-state index contributed by atoms with van der Waals surface area (Å²) in [6.45, 7) is 3.49. The number of ether oxygens (including phenoxy) is 2. The van der Waals surface area contributed by atoms with Gasteiger partial charge in [-0.3, -0.25) is 9.69 Å². The Kier molecular flexibility index (Phi) is 8.27. The van der Waals surface area contributed by atoms with E-state index in [-0.39, 0.29) is 48.3 Å². The predicted molar refractivity (Wildman–Crippen MR) is 138 cm³/mol. The van der Waals surface area contributed by atoms with E-state index in [1.165, 1.54) is 18.1 Å². The van der Waals surface area contributed by atoms with Crippen molar-refractivity contribution in [3.8, 4) is 5.88 Å². The van der Waals surface area contributed by atoms with Crippen LogP contribution in [0.1, 0.15) is 66.4 Å². The monoisotopic (exact) mass is 599 g/mol. The molecule has 1 aliphatic rings. The van der Waals surface area contributed by atoms with Crippen molar-refractivity contribution in [1.82, 2.24) is 15.0 Å². The number of fused-ring (bicyclic) bond motifs is 1. The molecule has 3 N–H and O–H groups in total. The van der Waals surface area contributed by atoms with Crippen molar-refractivity contribution in [3.05, 3.63) is 80.7 Å². The van der Waals surface area contributed by atoms with Gasteiger partial charge in [0, 0.05) is 24.2 Å². The number of amides is 1. The number of hydrogen-bond acceptors (Lipinski definition) is 7. The fourth-order valence-electron chi connectivity index (χ4n) is 4.87. The number of rotatable bonds is 6. The molecule has 0 aliphatic carbocycles. The summed E-state index contributed by atoms with van der Waals surface area (Å²) in [4.78, 5) is 38.6. The molecule has 1 amide bonds. The summed E-state index contributed by atoms with van der Waals surface area (Å²) in [5.74, 6) is -0.483. The van der Waals surface area contributed by atoms with Crippen molar-refractivity contribution in [1.29, 1.82) is 0 Å². The molecule has 1 aliphatic heterocycles. The van der Waals surface area contributed by atoms with Gasteiger partial charge in [0.05, 0.1) is 42.1 Å². The quantitative estimate of drug-likeness (QED) is 0.366. The zero-order chi connectivity index (χ0) is 31.0. The Morgan fingerprint density at radius 2 is 1.76 bits per heavy atom. The molecule has 1 aromatic carbocycles. The third kappa shape index (κ3) is 6.05. The summed E-state index contributed by atoms with van der Waals surface area (Å²) in [6, 6.07) is 4.23. The fourth-order valence-corrected chi connectivity index (χ4v) is 4.87. The minimum Gasteiger partial charge on any atom is -0.481 e. The summed E-state index contributed by atoms with van der Waals surface area (Å²) < 4.78 is 90.2. The van der Waals surface area contributed by atoms with Gasteiger partial charge in [-0.25, -0.2) is 14.8 Å². The fraction of sp³-hybridized carbons (Fsp3) is 0.407. The Balaban J connectivity index is 1.77. The van der Waals surface area contributed by atoms with Gasteiger partial charge < -0.3 is 20.2 Å². The molecule has 15 heteroatoms. The van der Waals surface area contributed by atoms with Crippen LogP contribution in [0.4, 0.5) is 36.8 Å². The van der Waals surface area contributed by atoms with Crippen molar-refractivity contribution < 1.29 is 40.6 Å². The molecule has 2 aromatic heterocycles. The van der Waals surface area contributed by atoms with Gasteiger partial charge in [-0.2, -0.15) is 26.3 Å². The smallest absolute Gasteiger partial charge is 0.416 e. The van der Waals surface area contributed by atoms with Crippen molar-refractivity contribution in [2.75, 3.05) is 18.6 Å². The van der Waals surface area contributed by atoms with E-state index >= 15 is 0 Å². The second-order valence-corrected chi connectivity index (χ2v) is 9.72. The van der Waals surface area contributed by atoms with Crippen LogP contribution in [-0.4, -0.2) is 40.4 Å². The number of nitrogens with two attached hydrogens (primary N) is 1. The van der Waals surface area contributed by atoms with E-state index < -0.39 is 53.1 Å². The molecule has 0 saturated carbocycles. The van der Waals surface area contributed by atoms with Gasteiger partial charge in [0.25, 0.3) is 5.56 Å². The van der Waals surface area contributed by atoms with Gasteiger partial charge in [-0.1, -0.05) is 6.92 Å². The largest absolute Gasteiger partial charge is 0.481 e. The molecular weight excluding hydrogens is 572 g/mol. The molecule has 0 saturated heterocycles. The Bertz CT molecular complexity index is 1510. The van der Waals surface area contributed by atoms with Gasteiger partial charge in [-0.05, 0) is 49.6 Å². The van der Waals surface area contributed by atoms with E-state index in [1.54, 1.807) is 19.9 Å². The van der Waals surface area contributed by atoms with E-state index in [9.17, 15) is 35.9 Å². The van der Waals surface area contributed by atoms with Crippen LogP contribution < -0.4 is 20.9 Å². The molecule has 4 rings (SSSR count). The summed E-state index contributed by atoms with van der Waals surface area (Å²) in [7, 11) is 1.39. The summed E-state index contributed by atoms with van der Waals surface area (Å²) in [5.41, 5.74) is 1.69. The number of halogens is 6. The van der Waals surface area contributed by atoms with E-state index in [1.807, 2.05) is 0 Å². The van der Waals surface area contributed by atoms with E-state index in [4.69, 9.17) is 15.2 Å². The first-order valence-corrected chi connectivity index (χ1v) is 12.8. The summed E-state index contributed by atoms with van der Waals surface area (Å²) in [5, 5.41) is 0. The number of methoxy groups -OCH3 is 1. The number of carbonyl (C=O) groups is 1.